The van der Waals surface area contributed by atoms with Crippen molar-refractivity contribution in [1.82, 2.24) is 9.80 Å². The number of aliphatic hydroxyl groups excluding tert-OH is 1. The molecule has 1 heterocycles. The zero-order chi connectivity index (χ0) is 38.3. The van der Waals surface area contributed by atoms with Crippen LogP contribution in [0.1, 0.15) is 40.9 Å². The molecular weight excluding hydrogens is 689 g/mol. The highest BCUT2D eigenvalue weighted by Gasteiger charge is 2.32. The van der Waals surface area contributed by atoms with Crippen LogP contribution in [0.3, 0.4) is 0 Å². The van der Waals surface area contributed by atoms with Gasteiger partial charge in [-0.15, -0.1) is 0 Å². The number of carbonyl (C=O) groups excluding carboxylic acids is 3. The first-order chi connectivity index (χ1) is 25.2. The second kappa shape index (κ2) is 16.8. The molecule has 0 radical (unpaired) electrons. The van der Waals surface area contributed by atoms with E-state index < -0.39 is 23.8 Å². The van der Waals surface area contributed by atoms with Crippen molar-refractivity contribution in [2.24, 2.45) is 5.92 Å². The summed E-state index contributed by atoms with van der Waals surface area (Å²) < 4.78 is 45.4. The van der Waals surface area contributed by atoms with Crippen molar-refractivity contribution < 1.29 is 37.4 Å². The summed E-state index contributed by atoms with van der Waals surface area (Å²) in [7, 11) is 1.95. The third-order valence-corrected chi connectivity index (χ3v) is 9.01. The van der Waals surface area contributed by atoms with Crippen LogP contribution < -0.4 is 26.4 Å². The van der Waals surface area contributed by atoms with E-state index >= 15 is 0 Å². The standard InChI is InChI=1S/C39H43F3N6O5/c1-24-20-48(25(2)23-49)36(50)19-28-18-31(45-38(52)44-30-14-12-29(13-15-30)39(40,41)42)16-17-34(28)53-35(24)22-47(3)21-26-8-10-27(11-9-26)37(51)46-33-7-5-4-6-32(33)43/h4-18,24-25,35,49H,19-23,43H2,1-3H3,(H,46,51)(H2,44,45,52)/t24-,25-,35+/m1/s1. The normalized spacial score (nSPS) is 16.8. The second-order valence-corrected chi connectivity index (χ2v) is 13.3. The van der Waals surface area contributed by atoms with Gasteiger partial charge in [0.05, 0.1) is 36.0 Å². The fourth-order valence-corrected chi connectivity index (χ4v) is 6.01. The zero-order valence-electron chi connectivity index (χ0n) is 29.6. The molecule has 11 nitrogen and oxygen atoms in total. The van der Waals surface area contributed by atoms with Gasteiger partial charge < -0.3 is 36.4 Å². The Labute approximate surface area is 305 Å². The topological polar surface area (TPSA) is 149 Å². The molecule has 0 spiro atoms. The van der Waals surface area contributed by atoms with E-state index in [0.29, 0.717) is 53.6 Å². The molecule has 0 aliphatic carbocycles. The Morgan fingerprint density at radius 3 is 2.30 bits per heavy atom. The number of anilines is 4. The second-order valence-electron chi connectivity index (χ2n) is 13.3. The molecule has 53 heavy (non-hydrogen) atoms. The molecule has 280 valence electrons. The van der Waals surface area contributed by atoms with Crippen LogP contribution in [0.4, 0.5) is 40.7 Å². The third kappa shape index (κ3) is 10.3. The number of benzene rings is 4. The molecule has 0 saturated heterocycles. The van der Waals surface area contributed by atoms with Crippen LogP contribution in [-0.2, 0) is 23.9 Å². The maximum atomic E-state index is 13.6. The number of likely N-dealkylation sites (N-methyl/N-ethyl adjacent to an activating group) is 1. The third-order valence-electron chi connectivity index (χ3n) is 9.01. The molecular formula is C39H43F3N6O5. The zero-order valence-corrected chi connectivity index (χ0v) is 29.6. The highest BCUT2D eigenvalue weighted by Crippen LogP contribution is 2.31. The molecule has 4 aromatic carbocycles. The molecule has 4 aromatic rings. The summed E-state index contributed by atoms with van der Waals surface area (Å²) in [6.07, 6.45) is -4.94. The van der Waals surface area contributed by atoms with Crippen LogP contribution in [0.25, 0.3) is 0 Å². The molecule has 0 fully saturated rings. The van der Waals surface area contributed by atoms with Gasteiger partial charge in [0, 0.05) is 48.1 Å². The number of urea groups is 1. The van der Waals surface area contributed by atoms with Crippen molar-refractivity contribution in [2.45, 2.75) is 45.1 Å². The minimum Gasteiger partial charge on any atom is -0.488 e. The summed E-state index contributed by atoms with van der Waals surface area (Å²) in [5.41, 5.74) is 8.62. The lowest BCUT2D eigenvalue weighted by Gasteiger charge is -2.34. The predicted octanol–water partition coefficient (Wildman–Crippen LogP) is 6.46. The summed E-state index contributed by atoms with van der Waals surface area (Å²) in [5.74, 6) is -0.179. The number of nitrogens with zero attached hydrogens (tertiary/aromatic N) is 2. The molecule has 1 aliphatic heterocycles. The number of carbonyl (C=O) groups is 3. The van der Waals surface area contributed by atoms with E-state index in [1.807, 2.05) is 26.1 Å². The molecule has 3 atom stereocenters. The van der Waals surface area contributed by atoms with Crippen molar-refractivity contribution in [2.75, 3.05) is 48.4 Å². The van der Waals surface area contributed by atoms with Gasteiger partial charge in [0.1, 0.15) is 11.9 Å². The molecule has 14 heteroatoms. The number of halogens is 3. The Morgan fingerprint density at radius 2 is 1.64 bits per heavy atom. The quantitative estimate of drug-likeness (QED) is 0.118. The van der Waals surface area contributed by atoms with Gasteiger partial charge in [-0.05, 0) is 86.3 Å². The van der Waals surface area contributed by atoms with Crippen molar-refractivity contribution in [3.05, 3.63) is 113 Å². The molecule has 0 bridgehead atoms. The average Bonchev–Trinajstić information content (AvgIpc) is 3.16. The number of nitrogens with one attached hydrogen (secondary N) is 3. The van der Waals surface area contributed by atoms with E-state index in [9.17, 15) is 32.7 Å². The van der Waals surface area contributed by atoms with Gasteiger partial charge in [0.25, 0.3) is 5.91 Å². The fourth-order valence-electron chi connectivity index (χ4n) is 6.01. The molecule has 5 rings (SSSR count). The van der Waals surface area contributed by atoms with E-state index in [2.05, 4.69) is 20.9 Å². The first-order valence-electron chi connectivity index (χ1n) is 17.1. The number of alkyl halides is 3. The first kappa shape index (κ1) is 38.6. The number of rotatable bonds is 10. The monoisotopic (exact) mass is 732 g/mol. The maximum absolute atomic E-state index is 13.6. The minimum absolute atomic E-state index is 0.0538. The molecule has 1 aliphatic rings. The van der Waals surface area contributed by atoms with E-state index in [4.69, 9.17) is 10.5 Å². The van der Waals surface area contributed by atoms with Crippen molar-refractivity contribution in [3.8, 4) is 5.75 Å². The maximum Gasteiger partial charge on any atom is 0.416 e. The van der Waals surface area contributed by atoms with Crippen molar-refractivity contribution >= 4 is 40.6 Å². The van der Waals surface area contributed by atoms with E-state index in [-0.39, 0.29) is 42.6 Å². The first-order valence-corrected chi connectivity index (χ1v) is 17.1. The Balaban J connectivity index is 1.28. The number of para-hydroxylation sites is 2. The molecule has 6 N–H and O–H groups in total. The highest BCUT2D eigenvalue weighted by atomic mass is 19.4. The van der Waals surface area contributed by atoms with Gasteiger partial charge in [-0.25, -0.2) is 4.79 Å². The summed E-state index contributed by atoms with van der Waals surface area (Å²) >= 11 is 0. The lowest BCUT2D eigenvalue weighted by Crippen LogP contribution is -2.47. The van der Waals surface area contributed by atoms with Crippen molar-refractivity contribution in [3.63, 3.8) is 0 Å². The summed E-state index contributed by atoms with van der Waals surface area (Å²) in [4.78, 5) is 42.9. The van der Waals surface area contributed by atoms with Crippen LogP contribution in [0.5, 0.6) is 5.75 Å². The lowest BCUT2D eigenvalue weighted by atomic mass is 10.0. The number of hydrogen-bond acceptors (Lipinski definition) is 7. The number of fused-ring (bicyclic) bond motifs is 1. The van der Waals surface area contributed by atoms with Crippen LogP contribution >= 0.6 is 0 Å². The van der Waals surface area contributed by atoms with Crippen LogP contribution in [-0.4, -0.2) is 71.6 Å². The average molecular weight is 733 g/mol. The van der Waals surface area contributed by atoms with Crippen LogP contribution in [0, 0.1) is 5.92 Å². The number of aliphatic hydroxyl groups is 1. The Kier molecular flexibility index (Phi) is 12.3. The summed E-state index contributed by atoms with van der Waals surface area (Å²) in [6.45, 7) is 4.88. The van der Waals surface area contributed by atoms with Crippen molar-refractivity contribution in [1.29, 1.82) is 0 Å². The van der Waals surface area contributed by atoms with Gasteiger partial charge in [-0.3, -0.25) is 14.5 Å². The number of amides is 4. The van der Waals surface area contributed by atoms with E-state index in [1.54, 1.807) is 66.4 Å². The van der Waals surface area contributed by atoms with E-state index in [1.165, 1.54) is 0 Å². The smallest absolute Gasteiger partial charge is 0.416 e. The molecule has 0 unspecified atom stereocenters. The number of ether oxygens (including phenoxy) is 1. The van der Waals surface area contributed by atoms with Gasteiger partial charge in [0.2, 0.25) is 5.91 Å². The largest absolute Gasteiger partial charge is 0.488 e. The van der Waals surface area contributed by atoms with Gasteiger partial charge >= 0.3 is 12.2 Å². The minimum atomic E-state index is -4.50. The predicted molar refractivity (Wildman–Crippen MR) is 198 cm³/mol. The fraction of sp³-hybridized carbons (Fsp3) is 0.308. The van der Waals surface area contributed by atoms with Gasteiger partial charge in [0.15, 0.2) is 0 Å². The van der Waals surface area contributed by atoms with Crippen LogP contribution in [0.15, 0.2) is 91.0 Å². The SMILES string of the molecule is C[C@@H]1CN([C@H](C)CO)C(=O)Cc2cc(NC(=O)Nc3ccc(C(F)(F)F)cc3)ccc2O[C@H]1CN(C)Cc1ccc(C(=O)Nc2ccccc2N)cc1. The van der Waals surface area contributed by atoms with Gasteiger partial charge in [-0.1, -0.05) is 31.2 Å². The Bertz CT molecular complexity index is 1910. The summed E-state index contributed by atoms with van der Waals surface area (Å²) in [5, 5.41) is 18.0. The number of hydrogen-bond donors (Lipinski definition) is 5. The molecule has 4 amide bonds. The van der Waals surface area contributed by atoms with E-state index in [0.717, 1.165) is 29.8 Å². The number of nitrogen functional groups attached to an aromatic ring is 1. The highest BCUT2D eigenvalue weighted by molar-refractivity contribution is 6.05. The lowest BCUT2D eigenvalue weighted by molar-refractivity contribution is -0.137. The Hall–Kier alpha value is -5.60. The van der Waals surface area contributed by atoms with Crippen LogP contribution in [0.2, 0.25) is 0 Å². The van der Waals surface area contributed by atoms with Gasteiger partial charge in [-0.2, -0.15) is 13.2 Å². The Morgan fingerprint density at radius 1 is 0.981 bits per heavy atom. The number of nitrogens with two attached hydrogens (primary N) is 1. The molecule has 0 aromatic heterocycles. The summed E-state index contributed by atoms with van der Waals surface area (Å²) in [6, 6.07) is 22.2. The molecule has 0 saturated carbocycles.